The normalized spacial score (nSPS) is 18.7. The third-order valence-electron chi connectivity index (χ3n) is 4.43. The molecule has 2 atom stereocenters. The number of carbonyl (C=O) groups is 2. The fourth-order valence-corrected chi connectivity index (χ4v) is 4.18. The molecule has 29 heavy (non-hydrogen) atoms. The maximum atomic E-state index is 12.6. The van der Waals surface area contributed by atoms with Crippen molar-refractivity contribution in [3.63, 3.8) is 0 Å². The van der Waals surface area contributed by atoms with Crippen molar-refractivity contribution >= 4 is 23.6 Å². The molecular formula is C22H22N2O4S. The number of ether oxygens (including phenoxy) is 2. The van der Waals surface area contributed by atoms with Gasteiger partial charge in [0.05, 0.1) is 23.3 Å². The van der Waals surface area contributed by atoms with Gasteiger partial charge < -0.3 is 14.4 Å². The van der Waals surface area contributed by atoms with Gasteiger partial charge in [-0.1, -0.05) is 36.0 Å². The van der Waals surface area contributed by atoms with Crippen LogP contribution in [0.5, 0.6) is 0 Å². The van der Waals surface area contributed by atoms with E-state index in [0.29, 0.717) is 29.1 Å². The molecule has 1 aliphatic rings. The molecule has 1 heterocycles. The average molecular weight is 410 g/mol. The number of esters is 1. The minimum absolute atomic E-state index is 0.0456. The third-order valence-corrected chi connectivity index (χ3v) is 5.59. The predicted octanol–water partition coefficient (Wildman–Crippen LogP) is 3.50. The second kappa shape index (κ2) is 9.59. The van der Waals surface area contributed by atoms with Gasteiger partial charge in [0.15, 0.2) is 6.61 Å². The van der Waals surface area contributed by atoms with Crippen LogP contribution in [-0.4, -0.2) is 48.7 Å². The zero-order valence-electron chi connectivity index (χ0n) is 16.3. The molecule has 0 N–H and O–H groups in total. The van der Waals surface area contributed by atoms with E-state index in [1.807, 2.05) is 32.0 Å². The van der Waals surface area contributed by atoms with E-state index in [-0.39, 0.29) is 24.7 Å². The molecule has 0 bridgehead atoms. The first-order chi connectivity index (χ1) is 14.0. The Morgan fingerprint density at radius 2 is 1.72 bits per heavy atom. The van der Waals surface area contributed by atoms with Gasteiger partial charge in [-0.3, -0.25) is 4.79 Å². The summed E-state index contributed by atoms with van der Waals surface area (Å²) in [5, 5.41) is 9.28. The van der Waals surface area contributed by atoms with Crippen LogP contribution >= 0.6 is 11.8 Å². The quantitative estimate of drug-likeness (QED) is 0.702. The van der Waals surface area contributed by atoms with Crippen molar-refractivity contribution in [1.82, 2.24) is 4.90 Å². The first-order valence-corrected chi connectivity index (χ1v) is 10.2. The zero-order valence-corrected chi connectivity index (χ0v) is 17.1. The number of carbonyl (C=O) groups excluding carboxylic acids is 2. The lowest BCUT2D eigenvalue weighted by molar-refractivity contribution is -0.146. The number of rotatable bonds is 5. The van der Waals surface area contributed by atoms with Crippen LogP contribution in [0.2, 0.25) is 0 Å². The summed E-state index contributed by atoms with van der Waals surface area (Å²) < 4.78 is 10.9. The highest BCUT2D eigenvalue weighted by Crippen LogP contribution is 2.32. The Balaban J connectivity index is 1.67. The molecule has 6 nitrogen and oxygen atoms in total. The summed E-state index contributed by atoms with van der Waals surface area (Å²) in [6.07, 6.45) is -0.0912. The van der Waals surface area contributed by atoms with E-state index in [2.05, 4.69) is 6.07 Å². The van der Waals surface area contributed by atoms with Crippen LogP contribution < -0.4 is 0 Å². The Morgan fingerprint density at radius 3 is 2.41 bits per heavy atom. The van der Waals surface area contributed by atoms with Gasteiger partial charge in [-0.15, -0.1) is 0 Å². The molecule has 0 aromatic heterocycles. The molecule has 1 saturated heterocycles. The number of hydrogen-bond donors (Lipinski definition) is 0. The molecule has 1 fully saturated rings. The smallest absolute Gasteiger partial charge is 0.339 e. The molecule has 1 amide bonds. The summed E-state index contributed by atoms with van der Waals surface area (Å²) in [7, 11) is 0. The largest absolute Gasteiger partial charge is 0.452 e. The highest BCUT2D eigenvalue weighted by Gasteiger charge is 2.26. The minimum atomic E-state index is -0.565. The third kappa shape index (κ3) is 5.37. The van der Waals surface area contributed by atoms with Crippen LogP contribution in [0.25, 0.3) is 0 Å². The second-order valence-corrected chi connectivity index (χ2v) is 7.92. The standard InChI is InChI=1S/C22H22N2O4S/c1-15-12-24(13-16(2)28-15)21(25)14-27-22(26)18-8-4-6-10-20(18)29-19-9-5-3-7-17(19)11-23/h3-10,15-16H,12-14H2,1-2H3/t15-,16+. The molecule has 0 spiro atoms. The topological polar surface area (TPSA) is 79.6 Å². The Kier molecular flexibility index (Phi) is 6.91. The van der Waals surface area contributed by atoms with Gasteiger partial charge in [-0.25, -0.2) is 4.79 Å². The Labute approximate surface area is 174 Å². The zero-order chi connectivity index (χ0) is 20.8. The van der Waals surface area contributed by atoms with E-state index in [9.17, 15) is 14.9 Å². The fourth-order valence-electron chi connectivity index (χ4n) is 3.17. The minimum Gasteiger partial charge on any atom is -0.452 e. The number of nitrogens with zero attached hydrogens (tertiary/aromatic N) is 2. The number of benzene rings is 2. The van der Waals surface area contributed by atoms with Crippen LogP contribution in [0.15, 0.2) is 58.3 Å². The fraction of sp³-hybridized carbons (Fsp3) is 0.318. The molecular weight excluding hydrogens is 388 g/mol. The monoisotopic (exact) mass is 410 g/mol. The van der Waals surface area contributed by atoms with E-state index >= 15 is 0 Å². The number of morpholine rings is 1. The van der Waals surface area contributed by atoms with Crippen molar-refractivity contribution in [1.29, 1.82) is 5.26 Å². The van der Waals surface area contributed by atoms with Gasteiger partial charge in [0.2, 0.25) is 0 Å². The lowest BCUT2D eigenvalue weighted by Gasteiger charge is -2.35. The molecule has 2 aromatic carbocycles. The summed E-state index contributed by atoms with van der Waals surface area (Å²) in [4.78, 5) is 28.1. The molecule has 0 aliphatic carbocycles. The Morgan fingerprint density at radius 1 is 1.10 bits per heavy atom. The number of hydrogen-bond acceptors (Lipinski definition) is 6. The molecule has 0 saturated carbocycles. The van der Waals surface area contributed by atoms with Gasteiger partial charge in [-0.05, 0) is 38.1 Å². The van der Waals surface area contributed by atoms with Gasteiger partial charge >= 0.3 is 5.97 Å². The van der Waals surface area contributed by atoms with Crippen LogP contribution in [0, 0.1) is 11.3 Å². The molecule has 7 heteroatoms. The first kappa shape index (κ1) is 20.9. The lowest BCUT2D eigenvalue weighted by atomic mass is 10.2. The SMILES string of the molecule is C[C@@H]1CN(C(=O)COC(=O)c2ccccc2Sc2ccccc2C#N)C[C@H](C)O1. The number of amides is 1. The molecule has 150 valence electrons. The predicted molar refractivity (Wildman–Crippen MR) is 109 cm³/mol. The number of nitriles is 1. The summed E-state index contributed by atoms with van der Waals surface area (Å²) in [5.74, 6) is -0.800. The summed E-state index contributed by atoms with van der Waals surface area (Å²) in [6.45, 7) is 4.48. The van der Waals surface area contributed by atoms with E-state index in [4.69, 9.17) is 9.47 Å². The van der Waals surface area contributed by atoms with E-state index in [1.54, 1.807) is 35.2 Å². The molecule has 2 aromatic rings. The van der Waals surface area contributed by atoms with Gasteiger partial charge in [0, 0.05) is 22.9 Å². The second-order valence-electron chi connectivity index (χ2n) is 6.84. The summed E-state index contributed by atoms with van der Waals surface area (Å²) in [6, 6.07) is 16.3. The van der Waals surface area contributed by atoms with Crippen LogP contribution in [-0.2, 0) is 14.3 Å². The Bertz CT molecular complexity index is 930. The lowest BCUT2D eigenvalue weighted by Crippen LogP contribution is -2.49. The highest BCUT2D eigenvalue weighted by atomic mass is 32.2. The van der Waals surface area contributed by atoms with Crippen molar-refractivity contribution in [2.75, 3.05) is 19.7 Å². The van der Waals surface area contributed by atoms with Gasteiger partial charge in [0.25, 0.3) is 5.91 Å². The van der Waals surface area contributed by atoms with Crippen LogP contribution in [0.3, 0.4) is 0 Å². The van der Waals surface area contributed by atoms with Crippen molar-refractivity contribution < 1.29 is 19.1 Å². The van der Waals surface area contributed by atoms with E-state index in [1.165, 1.54) is 11.8 Å². The van der Waals surface area contributed by atoms with Crippen molar-refractivity contribution in [3.8, 4) is 6.07 Å². The molecule has 3 rings (SSSR count). The van der Waals surface area contributed by atoms with Crippen LogP contribution in [0.1, 0.15) is 29.8 Å². The molecule has 0 unspecified atom stereocenters. The average Bonchev–Trinajstić information content (AvgIpc) is 2.72. The first-order valence-electron chi connectivity index (χ1n) is 9.34. The van der Waals surface area contributed by atoms with Crippen molar-refractivity contribution in [3.05, 3.63) is 59.7 Å². The highest BCUT2D eigenvalue weighted by molar-refractivity contribution is 7.99. The molecule has 0 radical (unpaired) electrons. The maximum Gasteiger partial charge on any atom is 0.339 e. The van der Waals surface area contributed by atoms with Crippen molar-refractivity contribution in [2.45, 2.75) is 35.8 Å². The van der Waals surface area contributed by atoms with E-state index < -0.39 is 5.97 Å². The Hall–Kier alpha value is -2.82. The summed E-state index contributed by atoms with van der Waals surface area (Å²) in [5.41, 5.74) is 0.896. The van der Waals surface area contributed by atoms with Crippen LogP contribution in [0.4, 0.5) is 0 Å². The maximum absolute atomic E-state index is 12.6. The van der Waals surface area contributed by atoms with E-state index in [0.717, 1.165) is 4.90 Å². The molecule has 1 aliphatic heterocycles. The van der Waals surface area contributed by atoms with Gasteiger partial charge in [0.1, 0.15) is 6.07 Å². The summed E-state index contributed by atoms with van der Waals surface area (Å²) >= 11 is 1.32. The van der Waals surface area contributed by atoms with Gasteiger partial charge in [-0.2, -0.15) is 5.26 Å². The van der Waals surface area contributed by atoms with Crippen molar-refractivity contribution in [2.24, 2.45) is 0 Å².